The molecule has 1 unspecified atom stereocenters. The van der Waals surface area contributed by atoms with E-state index in [2.05, 4.69) is 64.1 Å². The molecule has 0 saturated carbocycles. The van der Waals surface area contributed by atoms with E-state index in [4.69, 9.17) is 9.47 Å². The molecule has 1 fully saturated rings. The maximum absolute atomic E-state index is 6.62. The van der Waals surface area contributed by atoms with Crippen molar-refractivity contribution in [3.05, 3.63) is 48.0 Å². The topological polar surface area (TPSA) is 18.5 Å². The van der Waals surface area contributed by atoms with Crippen molar-refractivity contribution in [1.29, 1.82) is 0 Å². The second-order valence-electron chi connectivity index (χ2n) is 7.72. The molecule has 1 aliphatic heterocycles. The van der Waals surface area contributed by atoms with Gasteiger partial charge in [-0.1, -0.05) is 80.9 Å². The van der Waals surface area contributed by atoms with Gasteiger partial charge in [0.25, 0.3) is 0 Å². The summed E-state index contributed by atoms with van der Waals surface area (Å²) in [4.78, 5) is 0. The van der Waals surface area contributed by atoms with Crippen LogP contribution in [0, 0.1) is 13.0 Å². The van der Waals surface area contributed by atoms with Crippen molar-refractivity contribution in [2.24, 2.45) is 0 Å². The predicted molar refractivity (Wildman–Crippen MR) is 117 cm³/mol. The van der Waals surface area contributed by atoms with Crippen molar-refractivity contribution in [2.75, 3.05) is 6.61 Å². The summed E-state index contributed by atoms with van der Waals surface area (Å²) in [5.74, 6) is 1.06. The number of hydrogen-bond donors (Lipinski definition) is 0. The van der Waals surface area contributed by atoms with E-state index >= 15 is 0 Å². The zero-order valence-corrected chi connectivity index (χ0v) is 18.3. The Bertz CT molecular complexity index is 738. The Morgan fingerprint density at radius 1 is 1.11 bits per heavy atom. The molecule has 2 nitrogen and oxygen atoms in total. The minimum absolute atomic E-state index is 0.124. The zero-order chi connectivity index (χ0) is 19.3. The van der Waals surface area contributed by atoms with Gasteiger partial charge in [-0.15, -0.1) is 0 Å². The first-order valence-corrected chi connectivity index (χ1v) is 13.2. The molecule has 1 saturated heterocycles. The van der Waals surface area contributed by atoms with E-state index in [0.717, 1.165) is 36.3 Å². The molecule has 145 valence electrons. The van der Waals surface area contributed by atoms with Gasteiger partial charge in [0.2, 0.25) is 0 Å². The first-order chi connectivity index (χ1) is 13.1. The molecular weight excluding hydrogens is 348 g/mol. The highest BCUT2D eigenvalue weighted by molar-refractivity contribution is 6.92. The highest BCUT2D eigenvalue weighted by atomic mass is 28.3. The fraction of sp³-hybridized carbons (Fsp3) is 0.500. The lowest BCUT2D eigenvalue weighted by molar-refractivity contribution is -0.105. The molecule has 2 aromatic rings. The molecule has 0 aliphatic carbocycles. The van der Waals surface area contributed by atoms with Crippen molar-refractivity contribution in [1.82, 2.24) is 0 Å². The Morgan fingerprint density at radius 2 is 1.89 bits per heavy atom. The Kier molecular flexibility index (Phi) is 6.77. The second-order valence-corrected chi connectivity index (χ2v) is 12.9. The van der Waals surface area contributed by atoms with Crippen molar-refractivity contribution >= 4 is 13.3 Å². The summed E-state index contributed by atoms with van der Waals surface area (Å²) in [6, 6.07) is 20.2. The Morgan fingerprint density at radius 3 is 2.52 bits per heavy atom. The van der Waals surface area contributed by atoms with Crippen molar-refractivity contribution < 1.29 is 9.47 Å². The van der Waals surface area contributed by atoms with Gasteiger partial charge in [-0.25, -0.2) is 0 Å². The fourth-order valence-corrected chi connectivity index (χ4v) is 8.05. The van der Waals surface area contributed by atoms with Gasteiger partial charge in [0.1, 0.15) is 5.75 Å². The van der Waals surface area contributed by atoms with Crippen LogP contribution < -0.4 is 9.92 Å². The van der Waals surface area contributed by atoms with Crippen molar-refractivity contribution in [3.8, 4) is 16.9 Å². The van der Waals surface area contributed by atoms with Crippen LogP contribution in [0.2, 0.25) is 18.1 Å². The lowest BCUT2D eigenvalue weighted by Gasteiger charge is -2.33. The average Bonchev–Trinajstić information content (AvgIpc) is 2.71. The molecule has 0 spiro atoms. The third-order valence-electron chi connectivity index (χ3n) is 6.25. The Hall–Kier alpha value is -1.58. The van der Waals surface area contributed by atoms with Gasteiger partial charge >= 0.3 is 0 Å². The number of aryl methyl sites for hydroxylation is 1. The van der Waals surface area contributed by atoms with Gasteiger partial charge in [0.15, 0.2) is 6.29 Å². The monoisotopic (exact) mass is 381 g/mol. The van der Waals surface area contributed by atoms with E-state index in [1.54, 1.807) is 0 Å². The predicted octanol–water partition coefficient (Wildman–Crippen LogP) is 6.08. The minimum atomic E-state index is -1.59. The molecule has 0 bridgehead atoms. The van der Waals surface area contributed by atoms with E-state index in [1.807, 2.05) is 6.07 Å². The number of benzene rings is 2. The molecule has 0 amide bonds. The molecule has 1 aliphatic rings. The van der Waals surface area contributed by atoms with E-state index in [0.29, 0.717) is 0 Å². The molecule has 1 atom stereocenters. The van der Waals surface area contributed by atoms with E-state index < -0.39 is 8.07 Å². The molecule has 3 rings (SSSR count). The van der Waals surface area contributed by atoms with Crippen LogP contribution in [-0.4, -0.2) is 21.0 Å². The highest BCUT2D eigenvalue weighted by Gasteiger charge is 2.34. The average molecular weight is 382 g/mol. The molecule has 27 heavy (non-hydrogen) atoms. The number of para-hydroxylation sites is 1. The molecule has 0 N–H and O–H groups in total. The van der Waals surface area contributed by atoms with Gasteiger partial charge in [-0.05, 0) is 36.6 Å². The van der Waals surface area contributed by atoms with Gasteiger partial charge in [-0.2, -0.15) is 0 Å². The van der Waals surface area contributed by atoms with E-state index in [9.17, 15) is 0 Å². The molecule has 1 radical (unpaired) electrons. The quantitative estimate of drug-likeness (QED) is 0.541. The van der Waals surface area contributed by atoms with Crippen LogP contribution in [0.1, 0.15) is 45.6 Å². The third-order valence-corrected chi connectivity index (χ3v) is 11.8. The fourth-order valence-electron chi connectivity index (χ4n) is 4.29. The Labute approximate surface area is 165 Å². The van der Waals surface area contributed by atoms with Crippen LogP contribution >= 0.6 is 0 Å². The molecular formula is C24H33O2Si. The highest BCUT2D eigenvalue weighted by Crippen LogP contribution is 2.35. The van der Waals surface area contributed by atoms with E-state index in [-0.39, 0.29) is 6.29 Å². The maximum atomic E-state index is 6.62. The zero-order valence-electron chi connectivity index (χ0n) is 17.3. The minimum Gasteiger partial charge on any atom is -0.464 e. The second kappa shape index (κ2) is 9.07. The summed E-state index contributed by atoms with van der Waals surface area (Å²) in [5.41, 5.74) is 3.53. The van der Waals surface area contributed by atoms with Crippen LogP contribution in [0.15, 0.2) is 36.4 Å². The first kappa shape index (κ1) is 20.2. The summed E-state index contributed by atoms with van der Waals surface area (Å²) >= 11 is 0. The van der Waals surface area contributed by atoms with Crippen LogP contribution in [0.5, 0.6) is 5.75 Å². The van der Waals surface area contributed by atoms with Crippen molar-refractivity contribution in [2.45, 2.75) is 71.4 Å². The summed E-state index contributed by atoms with van der Waals surface area (Å²) in [7, 11) is -1.59. The number of hydrogen-bond acceptors (Lipinski definition) is 2. The molecule has 2 aromatic carbocycles. The summed E-state index contributed by atoms with van der Waals surface area (Å²) in [6.07, 6.45) is 3.17. The standard InChI is InChI=1S/C24H33O2Si/c1-5-27(6-2,7-3)22-15-11-14-21(20-13-10-12-19(4)18-20)24(22)26-23-16-8-9-17-25-23/h10-12,14-15,18,23H,5-9,16-17H2,1-4H3. The molecule has 3 heteroatoms. The molecule has 1 heterocycles. The third kappa shape index (κ3) is 4.30. The van der Waals surface area contributed by atoms with E-state index in [1.165, 1.54) is 35.3 Å². The van der Waals surface area contributed by atoms with Crippen LogP contribution in [0.25, 0.3) is 11.1 Å². The van der Waals surface area contributed by atoms with Crippen LogP contribution in [-0.2, 0) is 4.74 Å². The van der Waals surface area contributed by atoms with Crippen LogP contribution in [0.4, 0.5) is 0 Å². The van der Waals surface area contributed by atoms with Gasteiger partial charge < -0.3 is 9.47 Å². The number of rotatable bonds is 7. The van der Waals surface area contributed by atoms with Crippen molar-refractivity contribution in [3.63, 3.8) is 0 Å². The van der Waals surface area contributed by atoms with Crippen LogP contribution in [0.3, 0.4) is 0 Å². The summed E-state index contributed by atoms with van der Waals surface area (Å²) < 4.78 is 12.6. The molecule has 0 aromatic heterocycles. The number of ether oxygens (including phenoxy) is 2. The van der Waals surface area contributed by atoms with Gasteiger partial charge in [-0.3, -0.25) is 0 Å². The SMILES string of the molecule is CC[Si](CC)(CC)c1cccc(-c2[c]ccc(C)c2)c1OC1CCCCO1. The normalized spacial score (nSPS) is 17.7. The summed E-state index contributed by atoms with van der Waals surface area (Å²) in [6.45, 7) is 9.99. The van der Waals surface area contributed by atoms with Gasteiger partial charge in [0.05, 0.1) is 14.7 Å². The largest absolute Gasteiger partial charge is 0.464 e. The Balaban J connectivity index is 2.13. The van der Waals surface area contributed by atoms with Gasteiger partial charge in [0, 0.05) is 12.0 Å². The maximum Gasteiger partial charge on any atom is 0.199 e. The smallest absolute Gasteiger partial charge is 0.199 e. The summed E-state index contributed by atoms with van der Waals surface area (Å²) in [5, 5.41) is 1.46. The lowest BCUT2D eigenvalue weighted by Crippen LogP contribution is -2.47. The lowest BCUT2D eigenvalue weighted by atomic mass is 10.0. The first-order valence-electron chi connectivity index (χ1n) is 10.5.